The van der Waals surface area contributed by atoms with E-state index in [2.05, 4.69) is 54.4 Å². The number of cyclic esters (lactones) is 1. The lowest BCUT2D eigenvalue weighted by atomic mass is 9.85. The Kier molecular flexibility index (Phi) is 3.57. The third kappa shape index (κ3) is 2.27. The Morgan fingerprint density at radius 2 is 1.35 bits per heavy atom. The number of fused-ring (bicyclic) bond motifs is 4. The number of esters is 1. The van der Waals surface area contributed by atoms with Gasteiger partial charge >= 0.3 is 5.97 Å². The maximum Gasteiger partial charge on any atom is 0.339 e. The normalized spacial score (nSPS) is 19.7. The monoisotopic (exact) mass is 343 g/mol. The van der Waals surface area contributed by atoms with Gasteiger partial charge in [-0.1, -0.05) is 54.1 Å². The summed E-state index contributed by atoms with van der Waals surface area (Å²) >= 11 is 0. The van der Waals surface area contributed by atoms with Gasteiger partial charge in [0, 0.05) is 18.7 Å². The molecule has 2 aromatic rings. The van der Waals surface area contributed by atoms with Crippen molar-refractivity contribution in [3.05, 3.63) is 76.4 Å². The maximum absolute atomic E-state index is 12.6. The molecular formula is C23H21NO2. The minimum absolute atomic E-state index is 0.197. The van der Waals surface area contributed by atoms with Crippen molar-refractivity contribution >= 4 is 22.7 Å². The fraction of sp³-hybridized carbons (Fsp3) is 0.261. The van der Waals surface area contributed by atoms with Crippen LogP contribution in [0.2, 0.25) is 0 Å². The van der Waals surface area contributed by atoms with Crippen molar-refractivity contribution in [2.75, 3.05) is 26.7 Å². The second kappa shape index (κ2) is 5.96. The molecule has 0 spiro atoms. The van der Waals surface area contributed by atoms with Gasteiger partial charge in [-0.15, -0.1) is 0 Å². The first kappa shape index (κ1) is 15.6. The second-order valence-electron chi connectivity index (χ2n) is 7.30. The van der Waals surface area contributed by atoms with Crippen molar-refractivity contribution in [1.82, 2.24) is 4.90 Å². The smallest absolute Gasteiger partial charge is 0.339 e. The van der Waals surface area contributed by atoms with Crippen molar-refractivity contribution in [2.24, 2.45) is 0 Å². The number of rotatable bonds is 0. The van der Waals surface area contributed by atoms with Gasteiger partial charge in [-0.2, -0.15) is 0 Å². The third-order valence-corrected chi connectivity index (χ3v) is 5.78. The predicted octanol–water partition coefficient (Wildman–Crippen LogP) is 4.00. The summed E-state index contributed by atoms with van der Waals surface area (Å²) in [5.41, 5.74) is 9.17. The fourth-order valence-corrected chi connectivity index (χ4v) is 4.44. The van der Waals surface area contributed by atoms with Crippen LogP contribution in [-0.2, 0) is 9.53 Å². The number of nitrogens with zero attached hydrogens (tertiary/aromatic N) is 1. The maximum atomic E-state index is 12.6. The number of ether oxygens (including phenoxy) is 1. The highest BCUT2D eigenvalue weighted by atomic mass is 16.5. The average molecular weight is 343 g/mol. The summed E-state index contributed by atoms with van der Waals surface area (Å²) in [7, 11) is 2.18. The van der Waals surface area contributed by atoms with Crippen molar-refractivity contribution in [3.8, 4) is 0 Å². The molecule has 130 valence electrons. The van der Waals surface area contributed by atoms with Gasteiger partial charge in [-0.3, -0.25) is 0 Å². The molecule has 0 N–H and O–H groups in total. The van der Waals surface area contributed by atoms with Crippen LogP contribution in [0, 0.1) is 0 Å². The van der Waals surface area contributed by atoms with Crippen LogP contribution < -0.4 is 0 Å². The molecular weight excluding hydrogens is 322 g/mol. The lowest BCUT2D eigenvalue weighted by molar-refractivity contribution is -0.133. The van der Waals surface area contributed by atoms with Gasteiger partial charge in [0.25, 0.3) is 0 Å². The zero-order chi connectivity index (χ0) is 17.7. The molecule has 26 heavy (non-hydrogen) atoms. The molecule has 1 aliphatic carbocycles. The Morgan fingerprint density at radius 1 is 0.808 bits per heavy atom. The predicted molar refractivity (Wildman–Crippen MR) is 103 cm³/mol. The fourth-order valence-electron chi connectivity index (χ4n) is 4.44. The van der Waals surface area contributed by atoms with Crippen LogP contribution >= 0.6 is 0 Å². The Morgan fingerprint density at radius 3 is 2.00 bits per heavy atom. The lowest BCUT2D eigenvalue weighted by Gasteiger charge is -2.27. The highest BCUT2D eigenvalue weighted by Gasteiger charge is 2.34. The van der Waals surface area contributed by atoms with Crippen LogP contribution in [0.5, 0.6) is 0 Å². The second-order valence-corrected chi connectivity index (χ2v) is 7.30. The largest absolute Gasteiger partial charge is 0.457 e. The zero-order valence-electron chi connectivity index (χ0n) is 14.9. The number of carbonyl (C=O) groups excluding carboxylic acids is 1. The van der Waals surface area contributed by atoms with Gasteiger partial charge in [0.2, 0.25) is 0 Å². The molecule has 0 amide bonds. The van der Waals surface area contributed by atoms with Gasteiger partial charge in [0.1, 0.15) is 6.61 Å². The Labute approximate surface area is 153 Å². The Hall–Kier alpha value is -2.65. The molecule has 5 rings (SSSR count). The van der Waals surface area contributed by atoms with E-state index >= 15 is 0 Å². The van der Waals surface area contributed by atoms with E-state index in [-0.39, 0.29) is 5.97 Å². The molecule has 3 aliphatic rings. The number of hydrogen-bond acceptors (Lipinski definition) is 3. The Balaban J connectivity index is 1.85. The van der Waals surface area contributed by atoms with E-state index in [0.29, 0.717) is 6.61 Å². The molecule has 1 saturated heterocycles. The highest BCUT2D eigenvalue weighted by molar-refractivity contribution is 6.29. The van der Waals surface area contributed by atoms with E-state index in [1.54, 1.807) is 0 Å². The van der Waals surface area contributed by atoms with E-state index in [9.17, 15) is 4.79 Å². The highest BCUT2D eigenvalue weighted by Crippen LogP contribution is 2.46. The van der Waals surface area contributed by atoms with Gasteiger partial charge in [0.05, 0.1) is 5.57 Å². The summed E-state index contributed by atoms with van der Waals surface area (Å²) in [5, 5.41) is 0. The van der Waals surface area contributed by atoms with Crippen LogP contribution in [0.15, 0.2) is 54.1 Å². The van der Waals surface area contributed by atoms with Crippen LogP contribution in [0.1, 0.15) is 35.1 Å². The van der Waals surface area contributed by atoms with Crippen molar-refractivity contribution in [3.63, 3.8) is 0 Å². The van der Waals surface area contributed by atoms with Crippen molar-refractivity contribution < 1.29 is 9.53 Å². The van der Waals surface area contributed by atoms with Crippen molar-refractivity contribution in [2.45, 2.75) is 12.8 Å². The summed E-state index contributed by atoms with van der Waals surface area (Å²) in [6, 6.07) is 16.8. The number of likely N-dealkylation sites (tertiary alicyclic amines) is 1. The molecule has 0 atom stereocenters. The molecule has 0 bridgehead atoms. The zero-order valence-corrected chi connectivity index (χ0v) is 14.9. The summed E-state index contributed by atoms with van der Waals surface area (Å²) in [4.78, 5) is 14.9. The molecule has 2 heterocycles. The van der Waals surface area contributed by atoms with Crippen LogP contribution in [0.3, 0.4) is 0 Å². The first-order valence-corrected chi connectivity index (χ1v) is 9.24. The van der Waals surface area contributed by atoms with E-state index in [0.717, 1.165) is 48.2 Å². The van der Waals surface area contributed by atoms with E-state index in [1.165, 1.54) is 22.3 Å². The molecule has 2 aliphatic heterocycles. The average Bonchev–Trinajstić information content (AvgIpc) is 3.00. The lowest BCUT2D eigenvalue weighted by Crippen LogP contribution is -2.27. The number of benzene rings is 2. The topological polar surface area (TPSA) is 29.5 Å². The summed E-state index contributed by atoms with van der Waals surface area (Å²) in [5.74, 6) is -0.197. The minimum atomic E-state index is -0.197. The minimum Gasteiger partial charge on any atom is -0.457 e. The van der Waals surface area contributed by atoms with E-state index in [1.807, 2.05) is 6.07 Å². The number of piperidine rings is 1. The molecule has 0 saturated carbocycles. The SMILES string of the molecule is CN1CCC(=C2c3ccccc3C3=C(C(=O)OC3)c3ccccc32)CC1. The van der Waals surface area contributed by atoms with Gasteiger partial charge in [-0.05, 0) is 47.7 Å². The first-order valence-electron chi connectivity index (χ1n) is 9.24. The molecule has 0 aromatic heterocycles. The van der Waals surface area contributed by atoms with E-state index in [4.69, 9.17) is 4.74 Å². The Bertz CT molecular complexity index is 973. The van der Waals surface area contributed by atoms with Crippen molar-refractivity contribution in [1.29, 1.82) is 0 Å². The van der Waals surface area contributed by atoms with Gasteiger partial charge in [0.15, 0.2) is 0 Å². The molecule has 1 fully saturated rings. The molecule has 3 nitrogen and oxygen atoms in total. The quantitative estimate of drug-likeness (QED) is 0.677. The van der Waals surface area contributed by atoms with Gasteiger partial charge in [-0.25, -0.2) is 4.79 Å². The first-order chi connectivity index (χ1) is 12.7. The van der Waals surface area contributed by atoms with E-state index < -0.39 is 0 Å². The van der Waals surface area contributed by atoms with Gasteiger partial charge < -0.3 is 9.64 Å². The summed E-state index contributed by atoms with van der Waals surface area (Å²) in [6.07, 6.45) is 2.15. The summed E-state index contributed by atoms with van der Waals surface area (Å²) < 4.78 is 5.43. The molecule has 2 aromatic carbocycles. The summed E-state index contributed by atoms with van der Waals surface area (Å²) in [6.45, 7) is 2.53. The van der Waals surface area contributed by atoms with Crippen LogP contribution in [-0.4, -0.2) is 37.6 Å². The standard InChI is InChI=1S/C23H21NO2/c1-24-12-10-15(11-13-24)21-17-7-3-2-6-16(17)20-14-26-23(25)22(20)19-9-5-4-8-18(19)21/h2-9H,10-14H2,1H3. The molecule has 0 radical (unpaired) electrons. The number of carbonyl (C=O) groups is 1. The number of hydrogen-bond donors (Lipinski definition) is 0. The van der Waals surface area contributed by atoms with Crippen LogP contribution in [0.4, 0.5) is 0 Å². The van der Waals surface area contributed by atoms with Crippen LogP contribution in [0.25, 0.3) is 16.7 Å². The third-order valence-electron chi connectivity index (χ3n) is 5.78. The molecule has 3 heteroatoms. The molecule has 0 unspecified atom stereocenters.